The zero-order valence-electron chi connectivity index (χ0n) is 13.6. The first-order valence-corrected chi connectivity index (χ1v) is 7.61. The van der Waals surface area contributed by atoms with Crippen LogP contribution in [0.1, 0.15) is 39.2 Å². The molecule has 118 valence electrons. The molecule has 0 aliphatic heterocycles. The van der Waals surface area contributed by atoms with Gasteiger partial charge in [0, 0.05) is 0 Å². The van der Waals surface area contributed by atoms with Gasteiger partial charge >= 0.3 is 5.97 Å². The van der Waals surface area contributed by atoms with Gasteiger partial charge in [-0.25, -0.2) is 4.79 Å². The molecule has 4 nitrogen and oxygen atoms in total. The number of unbranched alkanes of at least 4 members (excludes halogenated alkanes) is 1. The third-order valence-corrected chi connectivity index (χ3v) is 3.47. The van der Waals surface area contributed by atoms with Crippen LogP contribution in [0, 0.1) is 0 Å². The summed E-state index contributed by atoms with van der Waals surface area (Å²) in [5.74, 6) is 0.451. The van der Waals surface area contributed by atoms with Gasteiger partial charge in [-0.1, -0.05) is 32.4 Å². The van der Waals surface area contributed by atoms with Gasteiger partial charge in [-0.05, 0) is 44.0 Å². The third-order valence-electron chi connectivity index (χ3n) is 3.47. The van der Waals surface area contributed by atoms with Crippen molar-refractivity contribution < 1.29 is 14.3 Å². The maximum Gasteiger partial charge on any atom is 0.329 e. The van der Waals surface area contributed by atoms with E-state index in [9.17, 15) is 4.79 Å². The lowest BCUT2D eigenvalue weighted by atomic mass is 10.0. The Morgan fingerprint density at radius 1 is 1.24 bits per heavy atom. The van der Waals surface area contributed by atoms with Gasteiger partial charge < -0.3 is 9.47 Å². The summed E-state index contributed by atoms with van der Waals surface area (Å²) < 4.78 is 10.6. The molecule has 0 radical (unpaired) electrons. The topological polar surface area (TPSA) is 47.6 Å². The lowest BCUT2D eigenvalue weighted by Crippen LogP contribution is -2.54. The van der Waals surface area contributed by atoms with Gasteiger partial charge in [-0.15, -0.1) is 0 Å². The molecule has 0 aromatic heterocycles. The summed E-state index contributed by atoms with van der Waals surface area (Å²) in [7, 11) is 1.39. The molecule has 1 rings (SSSR count). The molecule has 0 fully saturated rings. The molecule has 1 unspecified atom stereocenters. The van der Waals surface area contributed by atoms with Crippen molar-refractivity contribution in [2.75, 3.05) is 20.3 Å². The molecule has 0 aliphatic carbocycles. The summed E-state index contributed by atoms with van der Waals surface area (Å²) in [5.41, 5.74) is 0.483. The molecule has 0 heterocycles. The highest BCUT2D eigenvalue weighted by Crippen LogP contribution is 2.16. The lowest BCUT2D eigenvalue weighted by Gasteiger charge is -2.27. The molecule has 0 bridgehead atoms. The second kappa shape index (κ2) is 8.67. The Hall–Kier alpha value is -1.55. The number of ether oxygens (including phenoxy) is 2. The van der Waals surface area contributed by atoms with E-state index in [0.29, 0.717) is 6.54 Å². The molecular weight excluding hydrogens is 266 g/mol. The molecule has 4 heteroatoms. The quantitative estimate of drug-likeness (QED) is 0.711. The minimum atomic E-state index is -0.829. The van der Waals surface area contributed by atoms with Crippen LogP contribution in [0.15, 0.2) is 24.3 Å². The standard InChI is InChI=1S/C17H27NO3/c1-5-7-8-14-9-11-15(12-10-14)21-13-17(3,18-6-2)16(19)20-4/h9-12,18H,5-8,13H2,1-4H3. The summed E-state index contributed by atoms with van der Waals surface area (Å²) in [6.45, 7) is 6.83. The fourth-order valence-corrected chi connectivity index (χ4v) is 2.16. The van der Waals surface area contributed by atoms with Gasteiger partial charge in [0.15, 0.2) is 0 Å². The molecular formula is C17H27NO3. The summed E-state index contributed by atoms with van der Waals surface area (Å²) in [5, 5.41) is 3.12. The molecule has 0 saturated heterocycles. The van der Waals surface area contributed by atoms with Gasteiger partial charge in [0.05, 0.1) is 7.11 Å². The number of nitrogens with one attached hydrogen (secondary N) is 1. The Labute approximate surface area is 127 Å². The minimum Gasteiger partial charge on any atom is -0.491 e. The SMILES string of the molecule is CCCCc1ccc(OCC(C)(NCC)C(=O)OC)cc1. The molecule has 0 amide bonds. The van der Waals surface area contributed by atoms with E-state index in [1.54, 1.807) is 6.92 Å². The molecule has 0 saturated carbocycles. The van der Waals surface area contributed by atoms with Crippen molar-refractivity contribution in [2.45, 2.75) is 45.6 Å². The van der Waals surface area contributed by atoms with Crippen LogP contribution in [-0.4, -0.2) is 31.8 Å². The van der Waals surface area contributed by atoms with Crippen molar-refractivity contribution in [2.24, 2.45) is 0 Å². The Morgan fingerprint density at radius 3 is 2.43 bits per heavy atom. The number of likely N-dealkylation sites (N-methyl/N-ethyl adjacent to an activating group) is 1. The van der Waals surface area contributed by atoms with E-state index in [2.05, 4.69) is 24.4 Å². The maximum atomic E-state index is 11.9. The van der Waals surface area contributed by atoms with E-state index in [4.69, 9.17) is 9.47 Å². The normalized spacial score (nSPS) is 13.5. The average Bonchev–Trinajstić information content (AvgIpc) is 2.51. The van der Waals surface area contributed by atoms with Gasteiger partial charge in [0.1, 0.15) is 17.9 Å². The molecule has 1 aromatic carbocycles. The Morgan fingerprint density at radius 2 is 1.90 bits per heavy atom. The molecule has 0 aliphatic rings. The first-order chi connectivity index (χ1) is 10.1. The summed E-state index contributed by atoms with van der Waals surface area (Å²) in [4.78, 5) is 11.9. The number of hydrogen-bond acceptors (Lipinski definition) is 4. The summed E-state index contributed by atoms with van der Waals surface area (Å²) in [6, 6.07) is 8.06. The van der Waals surface area contributed by atoms with Gasteiger partial charge in [-0.3, -0.25) is 5.32 Å². The summed E-state index contributed by atoms with van der Waals surface area (Å²) >= 11 is 0. The number of carbonyl (C=O) groups is 1. The van der Waals surface area contributed by atoms with Crippen molar-refractivity contribution in [1.29, 1.82) is 0 Å². The number of esters is 1. The van der Waals surface area contributed by atoms with Crippen molar-refractivity contribution in [3.8, 4) is 5.75 Å². The second-order valence-electron chi connectivity index (χ2n) is 5.39. The zero-order valence-corrected chi connectivity index (χ0v) is 13.6. The van der Waals surface area contributed by atoms with Crippen LogP contribution in [0.25, 0.3) is 0 Å². The number of hydrogen-bond donors (Lipinski definition) is 1. The molecule has 21 heavy (non-hydrogen) atoms. The van der Waals surface area contributed by atoms with Crippen LogP contribution < -0.4 is 10.1 Å². The first kappa shape index (κ1) is 17.5. The van der Waals surface area contributed by atoms with E-state index >= 15 is 0 Å². The Bertz CT molecular complexity index is 430. The fourth-order valence-electron chi connectivity index (χ4n) is 2.16. The number of methoxy groups -OCH3 is 1. The van der Waals surface area contributed by atoms with Crippen molar-refractivity contribution in [3.63, 3.8) is 0 Å². The summed E-state index contributed by atoms with van der Waals surface area (Å²) in [6.07, 6.45) is 3.48. The van der Waals surface area contributed by atoms with Crippen LogP contribution in [0.3, 0.4) is 0 Å². The Kier molecular flexibility index (Phi) is 7.23. The van der Waals surface area contributed by atoms with Crippen LogP contribution in [0.5, 0.6) is 5.75 Å². The zero-order chi connectivity index (χ0) is 15.7. The van der Waals surface area contributed by atoms with E-state index in [0.717, 1.165) is 12.2 Å². The molecule has 1 atom stereocenters. The predicted molar refractivity (Wildman–Crippen MR) is 84.6 cm³/mol. The highest BCUT2D eigenvalue weighted by atomic mass is 16.5. The minimum absolute atomic E-state index is 0.238. The molecule has 1 N–H and O–H groups in total. The number of benzene rings is 1. The predicted octanol–water partition coefficient (Wildman–Crippen LogP) is 2.95. The molecule has 1 aromatic rings. The molecule has 0 spiro atoms. The largest absolute Gasteiger partial charge is 0.491 e. The van der Waals surface area contributed by atoms with Gasteiger partial charge in [0.25, 0.3) is 0 Å². The van der Waals surface area contributed by atoms with E-state index in [1.807, 2.05) is 19.1 Å². The van der Waals surface area contributed by atoms with E-state index in [1.165, 1.54) is 25.5 Å². The smallest absolute Gasteiger partial charge is 0.329 e. The van der Waals surface area contributed by atoms with E-state index in [-0.39, 0.29) is 12.6 Å². The highest BCUT2D eigenvalue weighted by molar-refractivity contribution is 5.80. The Balaban J connectivity index is 2.61. The monoisotopic (exact) mass is 293 g/mol. The highest BCUT2D eigenvalue weighted by Gasteiger charge is 2.34. The van der Waals surface area contributed by atoms with Crippen LogP contribution in [0.4, 0.5) is 0 Å². The van der Waals surface area contributed by atoms with E-state index < -0.39 is 5.54 Å². The van der Waals surface area contributed by atoms with Crippen LogP contribution >= 0.6 is 0 Å². The fraction of sp³-hybridized carbons (Fsp3) is 0.588. The van der Waals surface area contributed by atoms with Crippen molar-refractivity contribution >= 4 is 5.97 Å². The maximum absolute atomic E-state index is 11.9. The third kappa shape index (κ3) is 5.38. The first-order valence-electron chi connectivity index (χ1n) is 7.61. The van der Waals surface area contributed by atoms with Gasteiger partial charge in [0.2, 0.25) is 0 Å². The van der Waals surface area contributed by atoms with Crippen LogP contribution in [0.2, 0.25) is 0 Å². The van der Waals surface area contributed by atoms with Crippen molar-refractivity contribution in [3.05, 3.63) is 29.8 Å². The number of aryl methyl sites for hydroxylation is 1. The average molecular weight is 293 g/mol. The lowest BCUT2D eigenvalue weighted by molar-refractivity contribution is -0.149. The number of rotatable bonds is 9. The van der Waals surface area contributed by atoms with Crippen molar-refractivity contribution in [1.82, 2.24) is 5.32 Å². The number of carbonyl (C=O) groups excluding carboxylic acids is 1. The second-order valence-corrected chi connectivity index (χ2v) is 5.39. The van der Waals surface area contributed by atoms with Gasteiger partial charge in [-0.2, -0.15) is 0 Å². The van der Waals surface area contributed by atoms with Crippen LogP contribution in [-0.2, 0) is 16.0 Å².